The summed E-state index contributed by atoms with van der Waals surface area (Å²) in [6.45, 7) is 1.72. The molecule has 120 valence electrons. The summed E-state index contributed by atoms with van der Waals surface area (Å²) in [6, 6.07) is 4.85. The first-order chi connectivity index (χ1) is 10.8. The number of rotatable bonds is 2. The Hall–Kier alpha value is -2.18. The number of carbonyl (C=O) groups is 2. The molecule has 0 aliphatic carbocycles. The third-order valence-electron chi connectivity index (χ3n) is 2.91. The number of urea groups is 1. The molecular weight excluding hydrogens is 349 g/mol. The van der Waals surface area contributed by atoms with E-state index in [0.29, 0.717) is 10.6 Å². The predicted molar refractivity (Wildman–Crippen MR) is 84.0 cm³/mol. The second-order valence-electron chi connectivity index (χ2n) is 4.59. The molecule has 3 amide bonds. The zero-order chi connectivity index (χ0) is 17.1. The molecule has 0 saturated carbocycles. The fourth-order valence-corrected chi connectivity index (χ4v) is 2.21. The molecule has 0 heterocycles. The molecule has 0 fully saturated rings. The molecule has 0 saturated heterocycles. The van der Waals surface area contributed by atoms with Crippen LogP contribution in [0, 0.1) is 18.6 Å². The fraction of sp³-hybridized carbons (Fsp3) is 0.0667. The summed E-state index contributed by atoms with van der Waals surface area (Å²) in [4.78, 5) is 23.6. The lowest BCUT2D eigenvalue weighted by atomic mass is 10.2. The molecule has 0 aromatic heterocycles. The van der Waals surface area contributed by atoms with E-state index in [0.717, 1.165) is 18.2 Å². The van der Waals surface area contributed by atoms with Gasteiger partial charge >= 0.3 is 6.03 Å². The van der Waals surface area contributed by atoms with Crippen LogP contribution in [0.15, 0.2) is 30.3 Å². The SMILES string of the molecule is Cc1cc(Cl)c(NC(=O)NC(=O)c2c(F)cccc2F)cc1Cl. The van der Waals surface area contributed by atoms with Gasteiger partial charge in [0.2, 0.25) is 0 Å². The van der Waals surface area contributed by atoms with Crippen molar-refractivity contribution < 1.29 is 18.4 Å². The summed E-state index contributed by atoms with van der Waals surface area (Å²) in [5, 5.41) is 4.66. The number of halogens is 4. The number of imide groups is 1. The monoisotopic (exact) mass is 358 g/mol. The van der Waals surface area contributed by atoms with Gasteiger partial charge in [-0.15, -0.1) is 0 Å². The molecule has 0 aliphatic rings. The van der Waals surface area contributed by atoms with Gasteiger partial charge in [-0.1, -0.05) is 29.3 Å². The molecule has 0 unspecified atom stereocenters. The Balaban J connectivity index is 2.14. The number of hydrogen-bond acceptors (Lipinski definition) is 2. The summed E-state index contributed by atoms with van der Waals surface area (Å²) in [5.74, 6) is -3.37. The molecule has 2 aromatic rings. The van der Waals surface area contributed by atoms with Gasteiger partial charge in [0.25, 0.3) is 5.91 Å². The Labute approximate surface area is 140 Å². The van der Waals surface area contributed by atoms with Crippen molar-refractivity contribution in [3.8, 4) is 0 Å². The van der Waals surface area contributed by atoms with Crippen LogP contribution in [0.4, 0.5) is 19.3 Å². The summed E-state index contributed by atoms with van der Waals surface area (Å²) in [5.41, 5.74) is 0.00406. The molecule has 0 aliphatic heterocycles. The highest BCUT2D eigenvalue weighted by atomic mass is 35.5. The average Bonchev–Trinajstić information content (AvgIpc) is 2.44. The maximum Gasteiger partial charge on any atom is 0.326 e. The molecular formula is C15H10Cl2F2N2O2. The van der Waals surface area contributed by atoms with E-state index in [2.05, 4.69) is 5.32 Å². The highest BCUT2D eigenvalue weighted by molar-refractivity contribution is 6.36. The standard InChI is InChI=1S/C15H10Cl2F2N2O2/c1-7-5-9(17)12(6-8(7)16)20-15(23)21-14(22)13-10(18)3-2-4-11(13)19/h2-6H,1H3,(H2,20,21,22,23). The van der Waals surface area contributed by atoms with Crippen LogP contribution >= 0.6 is 23.2 Å². The van der Waals surface area contributed by atoms with E-state index < -0.39 is 29.1 Å². The van der Waals surface area contributed by atoms with Crippen molar-refractivity contribution in [3.63, 3.8) is 0 Å². The van der Waals surface area contributed by atoms with Crippen LogP contribution < -0.4 is 10.6 Å². The number of hydrogen-bond donors (Lipinski definition) is 2. The Morgan fingerprint density at radius 3 is 2.26 bits per heavy atom. The van der Waals surface area contributed by atoms with E-state index in [-0.39, 0.29) is 10.7 Å². The summed E-state index contributed by atoms with van der Waals surface area (Å²) < 4.78 is 26.9. The molecule has 0 spiro atoms. The van der Waals surface area contributed by atoms with Gasteiger partial charge in [0.05, 0.1) is 10.7 Å². The van der Waals surface area contributed by atoms with E-state index in [4.69, 9.17) is 23.2 Å². The normalized spacial score (nSPS) is 10.3. The molecule has 8 heteroatoms. The molecule has 0 bridgehead atoms. The first-order valence-electron chi connectivity index (χ1n) is 6.31. The van der Waals surface area contributed by atoms with Gasteiger partial charge in [0, 0.05) is 5.02 Å². The van der Waals surface area contributed by atoms with E-state index >= 15 is 0 Å². The van der Waals surface area contributed by atoms with Gasteiger partial charge in [-0.05, 0) is 36.8 Å². The quantitative estimate of drug-likeness (QED) is 0.827. The second-order valence-corrected chi connectivity index (χ2v) is 5.40. The molecule has 0 atom stereocenters. The third kappa shape index (κ3) is 3.97. The van der Waals surface area contributed by atoms with Crippen molar-refractivity contribution in [2.24, 2.45) is 0 Å². The highest BCUT2D eigenvalue weighted by Crippen LogP contribution is 2.28. The zero-order valence-corrected chi connectivity index (χ0v) is 13.2. The minimum Gasteiger partial charge on any atom is -0.306 e. The average molecular weight is 359 g/mol. The van der Waals surface area contributed by atoms with Crippen LogP contribution in [0.5, 0.6) is 0 Å². The molecule has 2 rings (SSSR count). The lowest BCUT2D eigenvalue weighted by Gasteiger charge is -2.10. The van der Waals surface area contributed by atoms with Crippen molar-refractivity contribution >= 4 is 40.8 Å². The van der Waals surface area contributed by atoms with Gasteiger partial charge in [0.15, 0.2) is 0 Å². The molecule has 2 N–H and O–H groups in total. The molecule has 4 nitrogen and oxygen atoms in total. The van der Waals surface area contributed by atoms with Crippen LogP contribution in [0.1, 0.15) is 15.9 Å². The third-order valence-corrected chi connectivity index (χ3v) is 3.63. The summed E-state index contributed by atoms with van der Waals surface area (Å²) >= 11 is 11.9. The number of anilines is 1. The zero-order valence-electron chi connectivity index (χ0n) is 11.7. The van der Waals surface area contributed by atoms with Gasteiger partial charge in [-0.3, -0.25) is 10.1 Å². The number of aryl methyl sites for hydroxylation is 1. The van der Waals surface area contributed by atoms with Crippen molar-refractivity contribution in [3.05, 3.63) is 63.1 Å². The van der Waals surface area contributed by atoms with Crippen LogP contribution in [0.3, 0.4) is 0 Å². The van der Waals surface area contributed by atoms with Crippen molar-refractivity contribution in [1.29, 1.82) is 0 Å². The number of amides is 3. The van der Waals surface area contributed by atoms with Crippen LogP contribution in [0.25, 0.3) is 0 Å². The number of benzene rings is 2. The topological polar surface area (TPSA) is 58.2 Å². The van der Waals surface area contributed by atoms with E-state index in [1.165, 1.54) is 12.1 Å². The molecule has 23 heavy (non-hydrogen) atoms. The first kappa shape index (κ1) is 17.2. The van der Waals surface area contributed by atoms with Crippen molar-refractivity contribution in [2.45, 2.75) is 6.92 Å². The van der Waals surface area contributed by atoms with Crippen LogP contribution in [0.2, 0.25) is 10.0 Å². The van der Waals surface area contributed by atoms with Gasteiger partial charge in [0.1, 0.15) is 17.2 Å². The van der Waals surface area contributed by atoms with E-state index in [9.17, 15) is 18.4 Å². The van der Waals surface area contributed by atoms with E-state index in [1.54, 1.807) is 6.92 Å². The van der Waals surface area contributed by atoms with Gasteiger partial charge in [-0.25, -0.2) is 13.6 Å². The Bertz CT molecular complexity index is 777. The van der Waals surface area contributed by atoms with E-state index in [1.807, 2.05) is 5.32 Å². The van der Waals surface area contributed by atoms with Crippen LogP contribution in [-0.2, 0) is 0 Å². The minimum atomic E-state index is -1.22. The predicted octanol–water partition coefficient (Wildman–Crippen LogP) is 4.54. The second kappa shape index (κ2) is 6.93. The number of nitrogens with one attached hydrogen (secondary N) is 2. The Kier molecular flexibility index (Phi) is 5.18. The van der Waals surface area contributed by atoms with Gasteiger partial charge in [-0.2, -0.15) is 0 Å². The van der Waals surface area contributed by atoms with Gasteiger partial charge < -0.3 is 5.32 Å². The fourth-order valence-electron chi connectivity index (χ4n) is 1.78. The summed E-state index contributed by atoms with van der Waals surface area (Å²) in [7, 11) is 0. The summed E-state index contributed by atoms with van der Waals surface area (Å²) in [6.07, 6.45) is 0. The smallest absolute Gasteiger partial charge is 0.306 e. The largest absolute Gasteiger partial charge is 0.326 e. The lowest BCUT2D eigenvalue weighted by Crippen LogP contribution is -2.35. The molecule has 2 aromatic carbocycles. The maximum atomic E-state index is 13.5. The maximum absolute atomic E-state index is 13.5. The molecule has 0 radical (unpaired) electrons. The van der Waals surface area contributed by atoms with Crippen LogP contribution in [-0.4, -0.2) is 11.9 Å². The first-order valence-corrected chi connectivity index (χ1v) is 7.07. The van der Waals surface area contributed by atoms with Crippen molar-refractivity contribution in [1.82, 2.24) is 5.32 Å². The lowest BCUT2D eigenvalue weighted by molar-refractivity contribution is 0.0959. The Morgan fingerprint density at radius 2 is 1.65 bits per heavy atom. The number of carbonyl (C=O) groups excluding carboxylic acids is 2. The minimum absolute atomic E-state index is 0.154. The highest BCUT2D eigenvalue weighted by Gasteiger charge is 2.19. The Morgan fingerprint density at radius 1 is 1.04 bits per heavy atom. The van der Waals surface area contributed by atoms with Crippen molar-refractivity contribution in [2.75, 3.05) is 5.32 Å².